The topological polar surface area (TPSA) is 97.1 Å². The van der Waals surface area contributed by atoms with Crippen molar-refractivity contribution in [1.82, 2.24) is 21.0 Å². The molecule has 144 valence electrons. The monoisotopic (exact) mass is 396 g/mol. The third-order valence-corrected chi connectivity index (χ3v) is 6.27. The van der Waals surface area contributed by atoms with E-state index < -0.39 is 5.91 Å². The largest absolute Gasteiger partial charge is 0.423 e. The van der Waals surface area contributed by atoms with E-state index in [1.165, 1.54) is 34.6 Å². The Morgan fingerprint density at radius 1 is 1.21 bits per heavy atom. The number of hydrogen-bond donors (Lipinski definition) is 2. The number of carbonyl (C=O) groups excluding carboxylic acids is 2. The molecule has 0 aliphatic heterocycles. The molecule has 0 saturated carbocycles. The van der Waals surface area contributed by atoms with Crippen LogP contribution in [0.1, 0.15) is 50.2 Å². The van der Waals surface area contributed by atoms with Crippen LogP contribution in [0.25, 0.3) is 11.5 Å². The number of rotatable bonds is 4. The van der Waals surface area contributed by atoms with Crippen LogP contribution >= 0.6 is 11.3 Å². The van der Waals surface area contributed by atoms with Gasteiger partial charge in [-0.2, -0.15) is 0 Å². The summed E-state index contributed by atoms with van der Waals surface area (Å²) in [5, 5.41) is 7.44. The van der Waals surface area contributed by atoms with Crippen molar-refractivity contribution in [3.63, 3.8) is 0 Å². The van der Waals surface area contributed by atoms with Crippen LogP contribution in [0.5, 0.6) is 0 Å². The van der Waals surface area contributed by atoms with Crippen molar-refractivity contribution in [2.45, 2.75) is 32.6 Å². The SMILES string of the molecule is CC[C@@H]1CCc2sc(C(=O)NNC(=O)c3ccc(-c4nnco4)cc3)cc2C1. The summed E-state index contributed by atoms with van der Waals surface area (Å²) in [6, 6.07) is 8.65. The fourth-order valence-electron chi connectivity index (χ4n) is 3.37. The van der Waals surface area contributed by atoms with Gasteiger partial charge in [-0.15, -0.1) is 21.5 Å². The Morgan fingerprint density at radius 3 is 2.71 bits per heavy atom. The highest BCUT2D eigenvalue weighted by Crippen LogP contribution is 2.33. The number of fused-ring (bicyclic) bond motifs is 1. The third-order valence-electron chi connectivity index (χ3n) is 5.03. The van der Waals surface area contributed by atoms with Gasteiger partial charge in [-0.1, -0.05) is 13.3 Å². The van der Waals surface area contributed by atoms with Gasteiger partial charge >= 0.3 is 0 Å². The molecule has 1 aliphatic carbocycles. The van der Waals surface area contributed by atoms with Gasteiger partial charge in [0.1, 0.15) is 0 Å². The number of hydrogen-bond acceptors (Lipinski definition) is 6. The van der Waals surface area contributed by atoms with Gasteiger partial charge in [0, 0.05) is 16.0 Å². The first-order chi connectivity index (χ1) is 13.6. The lowest BCUT2D eigenvalue weighted by molar-refractivity contribution is 0.0849. The van der Waals surface area contributed by atoms with Crippen LogP contribution in [0.3, 0.4) is 0 Å². The summed E-state index contributed by atoms with van der Waals surface area (Å²) < 4.78 is 5.12. The molecular weight excluding hydrogens is 376 g/mol. The minimum absolute atomic E-state index is 0.289. The van der Waals surface area contributed by atoms with E-state index in [0.29, 0.717) is 27.8 Å². The number of benzene rings is 1. The summed E-state index contributed by atoms with van der Waals surface area (Å²) in [6.45, 7) is 2.21. The van der Waals surface area contributed by atoms with Crippen LogP contribution in [-0.4, -0.2) is 22.0 Å². The first kappa shape index (κ1) is 18.4. The Bertz CT molecular complexity index is 980. The minimum atomic E-state index is -0.391. The first-order valence-electron chi connectivity index (χ1n) is 9.23. The summed E-state index contributed by atoms with van der Waals surface area (Å²) in [7, 11) is 0. The molecule has 3 aromatic rings. The number of aromatic nitrogens is 2. The fraction of sp³-hybridized carbons (Fsp3) is 0.300. The summed E-state index contributed by atoms with van der Waals surface area (Å²) in [5.74, 6) is 0.404. The van der Waals surface area contributed by atoms with Crippen LogP contribution in [0.15, 0.2) is 41.1 Å². The number of nitrogens with one attached hydrogen (secondary N) is 2. The van der Waals surface area contributed by atoms with Crippen molar-refractivity contribution >= 4 is 23.2 Å². The second kappa shape index (κ2) is 7.93. The normalized spacial score (nSPS) is 15.7. The quantitative estimate of drug-likeness (QED) is 0.659. The Labute approximate surface area is 166 Å². The Hall–Kier alpha value is -3.00. The predicted octanol–water partition coefficient (Wildman–Crippen LogP) is 3.39. The van der Waals surface area contributed by atoms with Crippen LogP contribution in [0.4, 0.5) is 0 Å². The van der Waals surface area contributed by atoms with E-state index in [0.717, 1.165) is 19.3 Å². The highest BCUT2D eigenvalue weighted by molar-refractivity contribution is 7.14. The zero-order valence-corrected chi connectivity index (χ0v) is 16.2. The van der Waals surface area contributed by atoms with E-state index in [2.05, 4.69) is 28.0 Å². The van der Waals surface area contributed by atoms with E-state index in [-0.39, 0.29) is 5.91 Å². The predicted molar refractivity (Wildman–Crippen MR) is 105 cm³/mol. The van der Waals surface area contributed by atoms with Gasteiger partial charge < -0.3 is 4.42 Å². The van der Waals surface area contributed by atoms with Crippen LogP contribution in [0.2, 0.25) is 0 Å². The van der Waals surface area contributed by atoms with E-state index in [1.54, 1.807) is 24.3 Å². The third kappa shape index (κ3) is 3.82. The minimum Gasteiger partial charge on any atom is -0.423 e. The van der Waals surface area contributed by atoms with Gasteiger partial charge in [-0.25, -0.2) is 0 Å². The molecule has 0 radical (unpaired) electrons. The molecule has 0 spiro atoms. The molecule has 2 aromatic heterocycles. The van der Waals surface area contributed by atoms with Crippen molar-refractivity contribution in [2.24, 2.45) is 5.92 Å². The van der Waals surface area contributed by atoms with Crippen LogP contribution in [-0.2, 0) is 12.8 Å². The van der Waals surface area contributed by atoms with E-state index in [1.807, 2.05) is 6.07 Å². The van der Waals surface area contributed by atoms with Crippen LogP contribution < -0.4 is 10.9 Å². The van der Waals surface area contributed by atoms with Crippen molar-refractivity contribution in [3.05, 3.63) is 57.6 Å². The number of thiophene rings is 1. The lowest BCUT2D eigenvalue weighted by Crippen LogP contribution is -2.41. The highest BCUT2D eigenvalue weighted by Gasteiger charge is 2.22. The fourth-order valence-corrected chi connectivity index (χ4v) is 4.47. The Kier molecular flexibility index (Phi) is 5.21. The molecule has 2 heterocycles. The standard InChI is InChI=1S/C20H20N4O3S/c1-2-12-3-8-16-15(9-12)10-17(28-16)19(26)23-22-18(25)13-4-6-14(7-5-13)20-24-21-11-27-20/h4-7,10-12H,2-3,8-9H2,1H3,(H,22,25)(H,23,26)/t12-/m1/s1. The number of carbonyl (C=O) groups is 2. The molecule has 28 heavy (non-hydrogen) atoms. The maximum Gasteiger partial charge on any atom is 0.279 e. The average Bonchev–Trinajstić information content (AvgIpc) is 3.41. The number of nitrogens with zero attached hydrogens (tertiary/aromatic N) is 2. The first-order valence-corrected chi connectivity index (χ1v) is 10.0. The zero-order valence-electron chi connectivity index (χ0n) is 15.4. The van der Waals surface area contributed by atoms with Gasteiger partial charge in [-0.3, -0.25) is 20.4 Å². The molecule has 8 heteroatoms. The molecule has 1 aromatic carbocycles. The molecule has 2 amide bonds. The van der Waals surface area contributed by atoms with E-state index in [9.17, 15) is 9.59 Å². The number of aryl methyl sites for hydroxylation is 1. The second-order valence-corrected chi connectivity index (χ2v) is 7.94. The second-order valence-electron chi connectivity index (χ2n) is 6.81. The molecule has 0 saturated heterocycles. The number of hydrazine groups is 1. The van der Waals surface area contributed by atoms with Crippen molar-refractivity contribution in [2.75, 3.05) is 0 Å². The maximum absolute atomic E-state index is 12.4. The highest BCUT2D eigenvalue weighted by atomic mass is 32.1. The van der Waals surface area contributed by atoms with Gasteiger partial charge in [-0.05, 0) is 61.1 Å². The molecule has 1 aliphatic rings. The van der Waals surface area contributed by atoms with Gasteiger partial charge in [0.05, 0.1) is 4.88 Å². The molecule has 1 atom stereocenters. The lowest BCUT2D eigenvalue weighted by Gasteiger charge is -2.19. The summed E-state index contributed by atoms with van der Waals surface area (Å²) >= 11 is 1.52. The zero-order chi connectivity index (χ0) is 19.5. The summed E-state index contributed by atoms with van der Waals surface area (Å²) in [6.07, 6.45) is 5.66. The van der Waals surface area contributed by atoms with Crippen molar-refractivity contribution in [1.29, 1.82) is 0 Å². The average molecular weight is 396 g/mol. The molecule has 0 unspecified atom stereocenters. The molecule has 4 rings (SSSR count). The van der Waals surface area contributed by atoms with Crippen molar-refractivity contribution in [3.8, 4) is 11.5 Å². The van der Waals surface area contributed by atoms with Crippen LogP contribution in [0, 0.1) is 5.92 Å². The lowest BCUT2D eigenvalue weighted by atomic mass is 9.87. The maximum atomic E-state index is 12.4. The van der Waals surface area contributed by atoms with Gasteiger partial charge in [0.2, 0.25) is 12.3 Å². The Balaban J connectivity index is 1.36. The van der Waals surface area contributed by atoms with Gasteiger partial charge in [0.25, 0.3) is 11.8 Å². The molecule has 0 fully saturated rings. The van der Waals surface area contributed by atoms with Crippen molar-refractivity contribution < 1.29 is 14.0 Å². The summed E-state index contributed by atoms with van der Waals surface area (Å²) in [4.78, 5) is 26.6. The molecule has 7 nitrogen and oxygen atoms in total. The molecule has 2 N–H and O–H groups in total. The smallest absolute Gasteiger partial charge is 0.279 e. The van der Waals surface area contributed by atoms with Gasteiger partial charge in [0.15, 0.2) is 0 Å². The molecular formula is C20H20N4O3S. The molecule has 0 bridgehead atoms. The number of amides is 2. The Morgan fingerprint density at radius 2 is 2.00 bits per heavy atom. The van der Waals surface area contributed by atoms with E-state index >= 15 is 0 Å². The van der Waals surface area contributed by atoms with E-state index in [4.69, 9.17) is 4.42 Å². The summed E-state index contributed by atoms with van der Waals surface area (Å²) in [5.41, 5.74) is 7.38.